The number of aromatic amines is 1. The Morgan fingerprint density at radius 2 is 1.61 bits per heavy atom. The highest BCUT2D eigenvalue weighted by Gasteiger charge is 2.47. The molecule has 0 saturated carbocycles. The van der Waals surface area contributed by atoms with Crippen LogP contribution in [0.2, 0.25) is 0 Å². The highest BCUT2D eigenvalue weighted by Crippen LogP contribution is 2.46. The van der Waals surface area contributed by atoms with Crippen molar-refractivity contribution in [2.45, 2.75) is 43.9 Å². The summed E-state index contributed by atoms with van der Waals surface area (Å²) in [7, 11) is 1.40. The summed E-state index contributed by atoms with van der Waals surface area (Å²) in [5.41, 5.74) is 3.69. The first-order valence-corrected chi connectivity index (χ1v) is 13.6. The van der Waals surface area contributed by atoms with Crippen molar-refractivity contribution < 1.29 is 39.5 Å². The van der Waals surface area contributed by atoms with Crippen LogP contribution in [0, 0.1) is 0 Å². The molecule has 0 spiro atoms. The molecular weight excluding hydrogens is 554 g/mol. The smallest absolute Gasteiger partial charge is 0.259 e. The number of carbonyl (C=O) groups is 2. The van der Waals surface area contributed by atoms with Crippen LogP contribution < -0.4 is 5.32 Å². The fourth-order valence-electron chi connectivity index (χ4n) is 6.48. The van der Waals surface area contributed by atoms with Crippen LogP contribution in [-0.4, -0.2) is 79.2 Å². The number of nitrogens with one attached hydrogen (secondary N) is 2. The number of aliphatic hydroxyl groups is 4. The fraction of sp³-hybridized carbons (Fsp3) is 0.310. The highest BCUT2D eigenvalue weighted by molar-refractivity contribution is 6.39. The van der Waals surface area contributed by atoms with Gasteiger partial charge in [-0.3, -0.25) is 14.9 Å². The Morgan fingerprint density at radius 3 is 2.27 bits per heavy atom. The standard InChI is InChI=1S/C29H26ClN3O8/c1-40-26-17(8-30)41-29(25(37)24(26)36)33-16-5-3-12(10-35)7-14(16)19-21-20(27(38)32-28(21)39)18-13-6-11(9-34)2-4-15(13)31-22(18)23(19)33/h2-7,17,24-26,29,31,34-37H,8-10H2,1H3,(H,32,38,39)/t17-,24-,25-,26-,29?/m1/s1. The molecule has 1 unspecified atom stereocenters. The maximum absolute atomic E-state index is 13.4. The predicted octanol–water partition coefficient (Wildman–Crippen LogP) is 2.17. The summed E-state index contributed by atoms with van der Waals surface area (Å²) in [6.45, 7) is -0.484. The van der Waals surface area contributed by atoms with E-state index in [4.69, 9.17) is 21.1 Å². The van der Waals surface area contributed by atoms with Gasteiger partial charge in [0.2, 0.25) is 0 Å². The summed E-state index contributed by atoms with van der Waals surface area (Å²) < 4.78 is 13.4. The highest BCUT2D eigenvalue weighted by atomic mass is 35.5. The average Bonchev–Trinajstić information content (AvgIpc) is 3.62. The number of benzene rings is 3. The van der Waals surface area contributed by atoms with E-state index in [0.717, 1.165) is 0 Å². The van der Waals surface area contributed by atoms with Crippen LogP contribution in [0.4, 0.5) is 0 Å². The second-order valence-corrected chi connectivity index (χ2v) is 10.8. The molecule has 2 aliphatic heterocycles. The maximum atomic E-state index is 13.4. The summed E-state index contributed by atoms with van der Waals surface area (Å²) in [5.74, 6) is -1.16. The van der Waals surface area contributed by atoms with E-state index in [1.807, 2.05) is 0 Å². The van der Waals surface area contributed by atoms with Crippen molar-refractivity contribution in [3.63, 3.8) is 0 Å². The zero-order valence-electron chi connectivity index (χ0n) is 21.7. The minimum absolute atomic E-state index is 0.0252. The van der Waals surface area contributed by atoms with Gasteiger partial charge in [-0.1, -0.05) is 12.1 Å². The number of halogens is 1. The van der Waals surface area contributed by atoms with Crippen molar-refractivity contribution >= 4 is 67.0 Å². The van der Waals surface area contributed by atoms with E-state index < -0.39 is 42.5 Å². The second-order valence-electron chi connectivity index (χ2n) is 10.5. The molecule has 1 fully saturated rings. The van der Waals surface area contributed by atoms with E-state index in [1.165, 1.54) is 7.11 Å². The number of hydrogen-bond donors (Lipinski definition) is 6. The molecule has 0 bridgehead atoms. The van der Waals surface area contributed by atoms with Crippen molar-refractivity contribution in [3.8, 4) is 0 Å². The van der Waals surface area contributed by atoms with Crippen LogP contribution in [0.25, 0.3) is 43.6 Å². The number of H-pyrrole nitrogens is 1. The Kier molecular flexibility index (Phi) is 6.10. The summed E-state index contributed by atoms with van der Waals surface area (Å²) >= 11 is 6.21. The molecule has 3 aromatic carbocycles. The number of amides is 2. The van der Waals surface area contributed by atoms with Crippen LogP contribution in [0.3, 0.4) is 0 Å². The molecule has 41 heavy (non-hydrogen) atoms. The minimum Gasteiger partial charge on any atom is -0.392 e. The third-order valence-corrected chi connectivity index (χ3v) is 8.61. The number of hydrogen-bond acceptors (Lipinski definition) is 8. The van der Waals surface area contributed by atoms with Gasteiger partial charge in [-0.15, -0.1) is 11.6 Å². The van der Waals surface area contributed by atoms with E-state index in [2.05, 4.69) is 10.3 Å². The lowest BCUT2D eigenvalue weighted by Gasteiger charge is -2.42. The number of rotatable bonds is 5. The van der Waals surface area contributed by atoms with E-state index in [1.54, 1.807) is 41.0 Å². The number of fused-ring (bicyclic) bond motifs is 10. The monoisotopic (exact) mass is 579 g/mol. The second kappa shape index (κ2) is 9.50. The molecule has 0 aliphatic carbocycles. The van der Waals surface area contributed by atoms with Crippen LogP contribution in [0.15, 0.2) is 36.4 Å². The molecule has 2 amide bonds. The first-order valence-electron chi connectivity index (χ1n) is 13.1. The SMILES string of the molecule is CO[C@H]1[C@H](O)[C@@H](O)C(n2c3ccc(CO)cc3c3c4c(c5c6cc(CO)ccc6[nH]c5c32)C(=O)NC4=O)O[C@@H]1CCl. The van der Waals surface area contributed by atoms with Gasteiger partial charge in [0.15, 0.2) is 6.23 Å². The Balaban J connectivity index is 1.68. The predicted molar refractivity (Wildman–Crippen MR) is 150 cm³/mol. The molecule has 7 rings (SSSR count). The van der Waals surface area contributed by atoms with Crippen LogP contribution in [-0.2, 0) is 22.7 Å². The number of aliphatic hydroxyl groups excluding tert-OH is 4. The normalized spacial score (nSPS) is 24.7. The molecule has 4 heterocycles. The van der Waals surface area contributed by atoms with Crippen LogP contribution in [0.1, 0.15) is 38.1 Å². The average molecular weight is 580 g/mol. The fourth-order valence-corrected chi connectivity index (χ4v) is 6.73. The first kappa shape index (κ1) is 26.4. The van der Waals surface area contributed by atoms with Gasteiger partial charge in [0.25, 0.3) is 11.8 Å². The maximum Gasteiger partial charge on any atom is 0.259 e. The van der Waals surface area contributed by atoms with E-state index in [9.17, 15) is 30.0 Å². The topological polar surface area (TPSA) is 166 Å². The van der Waals surface area contributed by atoms with Crippen molar-refractivity contribution in [1.82, 2.24) is 14.9 Å². The third-order valence-electron chi connectivity index (χ3n) is 8.30. The van der Waals surface area contributed by atoms with Gasteiger partial charge >= 0.3 is 0 Å². The number of alkyl halides is 1. The zero-order valence-corrected chi connectivity index (χ0v) is 22.5. The summed E-state index contributed by atoms with van der Waals surface area (Å²) in [4.78, 5) is 30.1. The number of methoxy groups -OCH3 is 1. The lowest BCUT2D eigenvalue weighted by molar-refractivity contribution is -0.243. The number of imide groups is 1. The molecule has 2 aliphatic rings. The zero-order chi connectivity index (χ0) is 28.7. The molecule has 212 valence electrons. The van der Waals surface area contributed by atoms with Gasteiger partial charge in [-0.25, -0.2) is 0 Å². The first-order chi connectivity index (χ1) is 19.8. The quantitative estimate of drug-likeness (QED) is 0.136. The Hall–Kier alpha value is -3.55. The molecule has 5 aromatic rings. The van der Waals surface area contributed by atoms with E-state index >= 15 is 0 Å². The van der Waals surface area contributed by atoms with Gasteiger partial charge in [0.05, 0.1) is 46.8 Å². The molecule has 6 N–H and O–H groups in total. The Morgan fingerprint density at radius 1 is 0.951 bits per heavy atom. The molecule has 0 radical (unpaired) electrons. The number of carbonyl (C=O) groups excluding carboxylic acids is 2. The number of ether oxygens (including phenoxy) is 2. The van der Waals surface area contributed by atoms with Crippen molar-refractivity contribution in [2.24, 2.45) is 0 Å². The van der Waals surface area contributed by atoms with Crippen molar-refractivity contribution in [3.05, 3.63) is 58.7 Å². The minimum atomic E-state index is -1.46. The van der Waals surface area contributed by atoms with Gasteiger partial charge in [0.1, 0.15) is 24.4 Å². The van der Waals surface area contributed by atoms with Crippen LogP contribution >= 0.6 is 11.6 Å². The Labute approximate surface area is 236 Å². The largest absolute Gasteiger partial charge is 0.392 e. The summed E-state index contributed by atoms with van der Waals surface area (Å²) in [6, 6.07) is 10.5. The molecule has 2 aromatic heterocycles. The third kappa shape index (κ3) is 3.55. The van der Waals surface area contributed by atoms with Crippen molar-refractivity contribution in [1.29, 1.82) is 0 Å². The molecular formula is C29H26ClN3O8. The van der Waals surface area contributed by atoms with Crippen molar-refractivity contribution in [2.75, 3.05) is 13.0 Å². The molecule has 12 heteroatoms. The van der Waals surface area contributed by atoms with Gasteiger partial charge in [0, 0.05) is 34.2 Å². The number of aromatic nitrogens is 2. The summed E-state index contributed by atoms with van der Waals surface area (Å²) in [6.07, 6.45) is -5.64. The molecule has 11 nitrogen and oxygen atoms in total. The molecule has 1 saturated heterocycles. The van der Waals surface area contributed by atoms with Gasteiger partial charge < -0.3 is 39.5 Å². The van der Waals surface area contributed by atoms with Gasteiger partial charge in [-0.2, -0.15) is 0 Å². The van der Waals surface area contributed by atoms with Gasteiger partial charge in [-0.05, 0) is 35.4 Å². The van der Waals surface area contributed by atoms with E-state index in [0.29, 0.717) is 54.7 Å². The van der Waals surface area contributed by atoms with E-state index in [-0.39, 0.29) is 30.2 Å². The Bertz CT molecular complexity index is 1910. The molecule has 5 atom stereocenters. The lowest BCUT2D eigenvalue weighted by Crippen LogP contribution is -2.56. The number of nitrogens with zero attached hydrogens (tertiary/aromatic N) is 1. The van der Waals surface area contributed by atoms with Crippen LogP contribution in [0.5, 0.6) is 0 Å². The summed E-state index contributed by atoms with van der Waals surface area (Å²) in [5, 5.41) is 46.7. The lowest BCUT2D eigenvalue weighted by atomic mass is 9.95.